The predicted octanol–water partition coefficient (Wildman–Crippen LogP) is 1.34. The van der Waals surface area contributed by atoms with Crippen LogP contribution in [0.15, 0.2) is 12.1 Å². The van der Waals surface area contributed by atoms with E-state index in [0.29, 0.717) is 42.9 Å². The third kappa shape index (κ3) is 3.36. The zero-order chi connectivity index (χ0) is 15.4. The molecule has 5 nitrogen and oxygen atoms in total. The van der Waals surface area contributed by atoms with Crippen LogP contribution in [0, 0.1) is 11.6 Å². The maximum atomic E-state index is 13.4. The molecule has 0 aliphatic heterocycles. The second-order valence-corrected chi connectivity index (χ2v) is 4.68. The molecular weight excluding hydrogens is 278 g/mol. The fourth-order valence-corrected chi connectivity index (χ4v) is 2.20. The highest BCUT2D eigenvalue weighted by molar-refractivity contribution is 5.78. The Kier molecular flexibility index (Phi) is 4.85. The number of benzene rings is 1. The van der Waals surface area contributed by atoms with E-state index in [4.69, 9.17) is 5.73 Å². The number of aryl methyl sites for hydroxylation is 2. The lowest BCUT2D eigenvalue weighted by atomic mass is 10.3. The number of amides is 1. The Bertz CT molecular complexity index is 654. The van der Waals surface area contributed by atoms with Crippen molar-refractivity contribution in [2.75, 3.05) is 13.1 Å². The Balaban J connectivity index is 2.25. The van der Waals surface area contributed by atoms with E-state index < -0.39 is 11.6 Å². The molecule has 0 saturated carbocycles. The van der Waals surface area contributed by atoms with Crippen LogP contribution in [0.3, 0.4) is 0 Å². The lowest BCUT2D eigenvalue weighted by Crippen LogP contribution is -2.29. The summed E-state index contributed by atoms with van der Waals surface area (Å²) in [6.07, 6.45) is 0.847. The standard InChI is InChI=1S/C14H18F2N4O/c1-2-13-19-11-7-9(15)10(16)8-12(11)20(13)6-3-14(21)18-5-4-17/h7-8H,2-6,17H2,1H3,(H,18,21). The Morgan fingerprint density at radius 2 is 2.10 bits per heavy atom. The third-order valence-corrected chi connectivity index (χ3v) is 3.21. The Labute approximate surface area is 121 Å². The summed E-state index contributed by atoms with van der Waals surface area (Å²) in [6, 6.07) is 2.20. The SMILES string of the molecule is CCc1nc2cc(F)c(F)cc2n1CCC(=O)NCCN. The van der Waals surface area contributed by atoms with E-state index in [1.807, 2.05) is 6.92 Å². The first-order chi connectivity index (χ1) is 10.1. The van der Waals surface area contributed by atoms with Crippen molar-refractivity contribution in [2.45, 2.75) is 26.3 Å². The molecule has 7 heteroatoms. The number of rotatable bonds is 6. The highest BCUT2D eigenvalue weighted by Gasteiger charge is 2.14. The third-order valence-electron chi connectivity index (χ3n) is 3.21. The number of hydrogen-bond acceptors (Lipinski definition) is 3. The molecule has 3 N–H and O–H groups in total. The fraction of sp³-hybridized carbons (Fsp3) is 0.429. The minimum absolute atomic E-state index is 0.132. The Morgan fingerprint density at radius 1 is 1.38 bits per heavy atom. The topological polar surface area (TPSA) is 72.9 Å². The molecule has 114 valence electrons. The lowest BCUT2D eigenvalue weighted by Gasteiger charge is -2.08. The molecule has 1 aromatic heterocycles. The second kappa shape index (κ2) is 6.62. The molecule has 0 saturated heterocycles. The van der Waals surface area contributed by atoms with Crippen molar-refractivity contribution in [1.29, 1.82) is 0 Å². The highest BCUT2D eigenvalue weighted by Crippen LogP contribution is 2.20. The lowest BCUT2D eigenvalue weighted by molar-refractivity contribution is -0.121. The zero-order valence-corrected chi connectivity index (χ0v) is 11.8. The number of nitrogens with one attached hydrogen (secondary N) is 1. The van der Waals surface area contributed by atoms with Crippen molar-refractivity contribution in [2.24, 2.45) is 5.73 Å². The first-order valence-electron chi connectivity index (χ1n) is 6.87. The Morgan fingerprint density at radius 3 is 2.76 bits per heavy atom. The number of halogens is 2. The molecular formula is C14H18F2N4O. The summed E-state index contributed by atoms with van der Waals surface area (Å²) in [4.78, 5) is 15.9. The summed E-state index contributed by atoms with van der Waals surface area (Å²) in [6.45, 7) is 3.06. The minimum Gasteiger partial charge on any atom is -0.355 e. The predicted molar refractivity (Wildman–Crippen MR) is 75.7 cm³/mol. The van der Waals surface area contributed by atoms with E-state index >= 15 is 0 Å². The van der Waals surface area contributed by atoms with E-state index in [2.05, 4.69) is 10.3 Å². The van der Waals surface area contributed by atoms with Gasteiger partial charge < -0.3 is 15.6 Å². The van der Waals surface area contributed by atoms with Crippen LogP contribution in [0.25, 0.3) is 11.0 Å². The second-order valence-electron chi connectivity index (χ2n) is 4.68. The number of imidazole rings is 1. The number of carbonyl (C=O) groups is 1. The van der Waals surface area contributed by atoms with Gasteiger partial charge >= 0.3 is 0 Å². The average molecular weight is 296 g/mol. The van der Waals surface area contributed by atoms with Gasteiger partial charge in [0.25, 0.3) is 0 Å². The van der Waals surface area contributed by atoms with E-state index in [0.717, 1.165) is 12.1 Å². The molecule has 2 rings (SSSR count). The number of nitrogens with two attached hydrogens (primary N) is 1. The normalized spacial score (nSPS) is 11.0. The van der Waals surface area contributed by atoms with Gasteiger partial charge in [0.05, 0.1) is 11.0 Å². The number of nitrogens with zero attached hydrogens (tertiary/aromatic N) is 2. The molecule has 1 heterocycles. The van der Waals surface area contributed by atoms with Gasteiger partial charge in [-0.2, -0.15) is 0 Å². The quantitative estimate of drug-likeness (QED) is 0.845. The van der Waals surface area contributed by atoms with Crippen LogP contribution in [0.5, 0.6) is 0 Å². The molecule has 0 spiro atoms. The molecule has 0 radical (unpaired) electrons. The van der Waals surface area contributed by atoms with Gasteiger partial charge in [0, 0.05) is 44.6 Å². The zero-order valence-electron chi connectivity index (χ0n) is 11.8. The molecule has 21 heavy (non-hydrogen) atoms. The van der Waals surface area contributed by atoms with Gasteiger partial charge in [-0.3, -0.25) is 4.79 Å². The summed E-state index contributed by atoms with van der Waals surface area (Å²) in [5.74, 6) is -1.28. The van der Waals surface area contributed by atoms with E-state index in [1.165, 1.54) is 0 Å². The molecule has 0 unspecified atom stereocenters. The average Bonchev–Trinajstić information content (AvgIpc) is 2.80. The van der Waals surface area contributed by atoms with Crippen molar-refractivity contribution >= 4 is 16.9 Å². The van der Waals surface area contributed by atoms with Gasteiger partial charge in [0.2, 0.25) is 5.91 Å². The van der Waals surface area contributed by atoms with Crippen LogP contribution in [0.4, 0.5) is 8.78 Å². The van der Waals surface area contributed by atoms with Crippen molar-refractivity contribution in [1.82, 2.24) is 14.9 Å². The van der Waals surface area contributed by atoms with Crippen molar-refractivity contribution < 1.29 is 13.6 Å². The van der Waals surface area contributed by atoms with Gasteiger partial charge in [0.15, 0.2) is 11.6 Å². The van der Waals surface area contributed by atoms with Gasteiger partial charge in [-0.05, 0) is 0 Å². The summed E-state index contributed by atoms with van der Waals surface area (Å²) in [5.41, 5.74) is 6.21. The number of aromatic nitrogens is 2. The van der Waals surface area contributed by atoms with Crippen LogP contribution < -0.4 is 11.1 Å². The van der Waals surface area contributed by atoms with Gasteiger partial charge in [0.1, 0.15) is 5.82 Å². The van der Waals surface area contributed by atoms with Gasteiger partial charge in [-0.15, -0.1) is 0 Å². The summed E-state index contributed by atoms with van der Waals surface area (Å²) >= 11 is 0. The highest BCUT2D eigenvalue weighted by atomic mass is 19.2. The van der Waals surface area contributed by atoms with Gasteiger partial charge in [-0.1, -0.05) is 6.92 Å². The first-order valence-corrected chi connectivity index (χ1v) is 6.87. The maximum absolute atomic E-state index is 13.4. The van der Waals surface area contributed by atoms with Gasteiger partial charge in [-0.25, -0.2) is 13.8 Å². The molecule has 0 fully saturated rings. The summed E-state index contributed by atoms with van der Waals surface area (Å²) in [7, 11) is 0. The Hall–Kier alpha value is -2.02. The molecule has 0 bridgehead atoms. The smallest absolute Gasteiger partial charge is 0.221 e. The van der Waals surface area contributed by atoms with Crippen LogP contribution in [0.1, 0.15) is 19.2 Å². The molecule has 1 amide bonds. The van der Waals surface area contributed by atoms with Crippen molar-refractivity contribution in [3.63, 3.8) is 0 Å². The maximum Gasteiger partial charge on any atom is 0.221 e. The number of carbonyl (C=O) groups excluding carboxylic acids is 1. The summed E-state index contributed by atoms with van der Waals surface area (Å²) in [5, 5.41) is 2.67. The molecule has 2 aromatic rings. The largest absolute Gasteiger partial charge is 0.355 e. The fourth-order valence-electron chi connectivity index (χ4n) is 2.20. The number of hydrogen-bond donors (Lipinski definition) is 2. The van der Waals surface area contributed by atoms with Crippen LogP contribution in [-0.2, 0) is 17.8 Å². The molecule has 0 aliphatic rings. The van der Waals surface area contributed by atoms with Crippen LogP contribution in [-0.4, -0.2) is 28.5 Å². The van der Waals surface area contributed by atoms with E-state index in [-0.39, 0.29) is 12.3 Å². The van der Waals surface area contributed by atoms with Crippen molar-refractivity contribution in [3.05, 3.63) is 29.6 Å². The molecule has 0 aliphatic carbocycles. The minimum atomic E-state index is -0.921. The van der Waals surface area contributed by atoms with E-state index in [1.54, 1.807) is 4.57 Å². The monoisotopic (exact) mass is 296 g/mol. The summed E-state index contributed by atoms with van der Waals surface area (Å²) < 4.78 is 28.4. The first kappa shape index (κ1) is 15.4. The molecule has 1 aromatic carbocycles. The molecule has 0 atom stereocenters. The number of fused-ring (bicyclic) bond motifs is 1. The van der Waals surface area contributed by atoms with Crippen molar-refractivity contribution in [3.8, 4) is 0 Å². The van der Waals surface area contributed by atoms with Crippen LogP contribution in [0.2, 0.25) is 0 Å². The van der Waals surface area contributed by atoms with E-state index in [9.17, 15) is 13.6 Å². The van der Waals surface area contributed by atoms with Crippen LogP contribution >= 0.6 is 0 Å².